The zero-order valence-electron chi connectivity index (χ0n) is 27.1. The van der Waals surface area contributed by atoms with Gasteiger partial charge in [0.25, 0.3) is 5.09 Å². The average Bonchev–Trinajstić information content (AvgIpc) is 3.28. The molecule has 8 atom stereocenters. The van der Waals surface area contributed by atoms with Gasteiger partial charge < -0.3 is 34.4 Å². The van der Waals surface area contributed by atoms with Gasteiger partial charge in [0.1, 0.15) is 0 Å². The topological polar surface area (TPSA) is 209 Å². The molecule has 4 aliphatic carbocycles. The number of fused-ring (bicyclic) bond motifs is 5. The Morgan fingerprint density at radius 1 is 1.10 bits per heavy atom. The third kappa shape index (κ3) is 6.62. The van der Waals surface area contributed by atoms with Crippen LogP contribution in [0.5, 0.6) is 17.2 Å². The maximum Gasteiger partial charge on any atom is 0.514 e. The van der Waals surface area contributed by atoms with Crippen LogP contribution >= 0.6 is 0 Å². The molecule has 1 aromatic carbocycles. The van der Waals surface area contributed by atoms with Crippen molar-refractivity contribution in [2.45, 2.75) is 65.4 Å². The fourth-order valence-electron chi connectivity index (χ4n) is 9.10. The molecular weight excluding hydrogens is 630 g/mol. The van der Waals surface area contributed by atoms with Crippen LogP contribution in [-0.4, -0.2) is 70.0 Å². The first-order valence-corrected chi connectivity index (χ1v) is 16.2. The van der Waals surface area contributed by atoms with Crippen molar-refractivity contribution < 1.29 is 58.6 Å². The lowest BCUT2D eigenvalue weighted by atomic mass is 9.46. The minimum Gasteiger partial charge on any atom is -0.504 e. The van der Waals surface area contributed by atoms with Crippen molar-refractivity contribution in [2.75, 3.05) is 19.8 Å². The highest BCUT2D eigenvalue weighted by atomic mass is 16.9. The lowest BCUT2D eigenvalue weighted by Crippen LogP contribution is -2.56. The molecule has 4 aliphatic rings. The molecule has 14 heteroatoms. The van der Waals surface area contributed by atoms with E-state index in [1.54, 1.807) is 12.2 Å². The maximum atomic E-state index is 13.7. The Morgan fingerprint density at radius 2 is 1.83 bits per heavy atom. The van der Waals surface area contributed by atoms with E-state index >= 15 is 0 Å². The number of unbranched alkanes of at least 4 members (excludes halogenated alkanes) is 1. The molecular formula is C34H41NO13. The van der Waals surface area contributed by atoms with Gasteiger partial charge in [-0.25, -0.2) is 9.59 Å². The van der Waals surface area contributed by atoms with Gasteiger partial charge in [-0.3, -0.25) is 9.59 Å². The molecule has 48 heavy (non-hydrogen) atoms. The Kier molecular flexibility index (Phi) is 9.86. The number of Topliss-reactive ketones (excluding diaryl/α,β-unsaturated/α-hetero) is 1. The largest absolute Gasteiger partial charge is 0.514 e. The van der Waals surface area contributed by atoms with Crippen molar-refractivity contribution in [1.29, 1.82) is 0 Å². The third-order valence-electron chi connectivity index (χ3n) is 11.0. The number of rotatable bonds is 11. The fraction of sp³-hybridized carbons (Fsp3) is 0.588. The minimum atomic E-state index is -1.34. The number of ketones is 2. The second-order valence-electron chi connectivity index (χ2n) is 13.8. The summed E-state index contributed by atoms with van der Waals surface area (Å²) in [6.45, 7) is 5.20. The zero-order chi connectivity index (χ0) is 35.0. The number of aromatic hydroxyl groups is 2. The van der Waals surface area contributed by atoms with Crippen LogP contribution in [0.4, 0.5) is 4.79 Å². The molecule has 0 heterocycles. The second-order valence-corrected chi connectivity index (χ2v) is 13.8. The number of nitrogens with zero attached hydrogens (tertiary/aromatic N) is 1. The number of aliphatic hydroxyl groups is 1. The zero-order valence-corrected chi connectivity index (χ0v) is 27.1. The van der Waals surface area contributed by atoms with Crippen LogP contribution in [0.25, 0.3) is 0 Å². The van der Waals surface area contributed by atoms with Crippen LogP contribution in [0.15, 0.2) is 35.9 Å². The molecule has 3 N–H and O–H groups in total. The van der Waals surface area contributed by atoms with E-state index in [9.17, 15) is 44.6 Å². The summed E-state index contributed by atoms with van der Waals surface area (Å²) < 4.78 is 15.2. The Hall–Kier alpha value is -4.46. The van der Waals surface area contributed by atoms with Crippen molar-refractivity contribution in [3.05, 3.63) is 51.6 Å². The summed E-state index contributed by atoms with van der Waals surface area (Å²) >= 11 is 0. The van der Waals surface area contributed by atoms with E-state index in [0.29, 0.717) is 6.42 Å². The summed E-state index contributed by atoms with van der Waals surface area (Å²) in [7, 11) is 0. The van der Waals surface area contributed by atoms with Gasteiger partial charge in [-0.05, 0) is 86.0 Å². The highest BCUT2D eigenvalue weighted by Crippen LogP contribution is 2.67. The molecule has 0 aliphatic heterocycles. The summed E-state index contributed by atoms with van der Waals surface area (Å²) in [5, 5.41) is 41.2. The number of carbonyl (C=O) groups excluding carboxylic acids is 4. The first-order chi connectivity index (χ1) is 22.7. The first kappa shape index (κ1) is 34.9. The van der Waals surface area contributed by atoms with E-state index in [4.69, 9.17) is 14.2 Å². The highest BCUT2D eigenvalue weighted by Gasteiger charge is 2.64. The van der Waals surface area contributed by atoms with Crippen molar-refractivity contribution in [2.24, 2.45) is 40.4 Å². The number of esters is 1. The van der Waals surface area contributed by atoms with Gasteiger partial charge in [0, 0.05) is 17.3 Å². The summed E-state index contributed by atoms with van der Waals surface area (Å²) in [6, 6.07) is 1.87. The van der Waals surface area contributed by atoms with Crippen molar-refractivity contribution >= 4 is 23.7 Å². The predicted octanol–water partition coefficient (Wildman–Crippen LogP) is 4.47. The number of allylic oxidation sites excluding steroid dienone is 4. The number of phenolic OH excluding ortho intramolecular Hbond substituents is 2. The van der Waals surface area contributed by atoms with E-state index < -0.39 is 63.9 Å². The maximum absolute atomic E-state index is 13.7. The number of benzene rings is 1. The Labute approximate surface area is 276 Å². The average molecular weight is 672 g/mol. The number of carbonyl (C=O) groups is 4. The molecule has 1 aromatic rings. The van der Waals surface area contributed by atoms with E-state index in [2.05, 4.69) is 11.8 Å². The molecule has 0 spiro atoms. The van der Waals surface area contributed by atoms with Gasteiger partial charge >= 0.3 is 12.1 Å². The van der Waals surface area contributed by atoms with Gasteiger partial charge in [0.15, 0.2) is 29.7 Å². The first-order valence-electron chi connectivity index (χ1n) is 16.2. The minimum absolute atomic E-state index is 0.0377. The normalized spacial score (nSPS) is 31.8. The molecule has 3 saturated carbocycles. The molecule has 0 radical (unpaired) electrons. The molecule has 14 nitrogen and oxygen atoms in total. The Balaban J connectivity index is 1.20. The van der Waals surface area contributed by atoms with Gasteiger partial charge in [0.05, 0.1) is 24.9 Å². The number of aliphatic hydroxyl groups excluding tert-OH is 1. The molecule has 0 amide bonds. The SMILES string of the molecule is C[C@@H]1CC2C3CCC4=CC(=O)C=CC4(C)C3C(O)CC2(C)C1C(=O)COC(=O)Oc1cc(C(=O)OCCCCO[N+](=O)[O-])cc(O)c1O. The van der Waals surface area contributed by atoms with E-state index in [-0.39, 0.29) is 66.9 Å². The van der Waals surface area contributed by atoms with Gasteiger partial charge in [-0.1, -0.05) is 32.4 Å². The molecule has 0 aromatic heterocycles. The smallest absolute Gasteiger partial charge is 0.504 e. The van der Waals surface area contributed by atoms with Gasteiger partial charge in [0.2, 0.25) is 5.75 Å². The number of ether oxygens (including phenoxy) is 3. The van der Waals surface area contributed by atoms with Crippen molar-refractivity contribution in [3.8, 4) is 17.2 Å². The number of hydrogen-bond donors (Lipinski definition) is 3. The molecule has 0 saturated heterocycles. The summed E-state index contributed by atoms with van der Waals surface area (Å²) in [5.41, 5.74) is -0.189. The van der Waals surface area contributed by atoms with Crippen LogP contribution in [0.2, 0.25) is 0 Å². The van der Waals surface area contributed by atoms with Gasteiger partial charge in [-0.2, -0.15) is 0 Å². The van der Waals surface area contributed by atoms with Crippen molar-refractivity contribution in [1.82, 2.24) is 0 Å². The molecule has 260 valence electrons. The number of phenols is 2. The highest BCUT2D eigenvalue weighted by molar-refractivity contribution is 6.01. The van der Waals surface area contributed by atoms with Crippen LogP contribution in [-0.2, 0) is 23.9 Å². The second kappa shape index (κ2) is 13.6. The van der Waals surface area contributed by atoms with Crippen LogP contribution in [0, 0.1) is 50.5 Å². The molecule has 0 bridgehead atoms. The Morgan fingerprint density at radius 3 is 2.56 bits per heavy atom. The van der Waals surface area contributed by atoms with Crippen LogP contribution in [0.3, 0.4) is 0 Å². The molecule has 5 rings (SSSR count). The Bertz CT molecular complexity index is 1550. The van der Waals surface area contributed by atoms with E-state index in [1.165, 1.54) is 0 Å². The quantitative estimate of drug-likeness (QED) is 0.0742. The van der Waals surface area contributed by atoms with Crippen LogP contribution < -0.4 is 4.74 Å². The predicted molar refractivity (Wildman–Crippen MR) is 165 cm³/mol. The van der Waals surface area contributed by atoms with Crippen molar-refractivity contribution in [3.63, 3.8) is 0 Å². The fourth-order valence-corrected chi connectivity index (χ4v) is 9.10. The standard InChI is InChI=1S/C34H41NO13/c1-18-12-23-22-7-6-20-15-21(36)8-9-33(20,2)29(22)25(38)16-34(23,3)28(18)26(39)17-46-32(42)48-27-14-19(13-24(37)30(27)40)31(41)45-10-4-5-11-47-35(43)44/h8-9,13-15,18,22-23,25,28-29,37-38,40H,4-7,10-12,16-17H2,1-3H3/t18-,22?,23?,25?,28?,29?,33?,34?/m1/s1. The monoisotopic (exact) mass is 671 g/mol. The molecule has 3 fully saturated rings. The lowest BCUT2D eigenvalue weighted by molar-refractivity contribution is -0.757. The third-order valence-corrected chi connectivity index (χ3v) is 11.0. The summed E-state index contributed by atoms with van der Waals surface area (Å²) in [5.74, 6) is -3.84. The van der Waals surface area contributed by atoms with Gasteiger partial charge in [-0.15, -0.1) is 10.1 Å². The lowest BCUT2D eigenvalue weighted by Gasteiger charge is -2.58. The van der Waals surface area contributed by atoms with Crippen LogP contribution in [0.1, 0.15) is 69.7 Å². The summed E-state index contributed by atoms with van der Waals surface area (Å²) in [4.78, 5) is 65.2. The van der Waals surface area contributed by atoms with E-state index in [0.717, 1.165) is 37.0 Å². The van der Waals surface area contributed by atoms with E-state index in [1.807, 2.05) is 19.9 Å². The number of hydrogen-bond acceptors (Lipinski definition) is 13. The molecule has 7 unspecified atom stereocenters. The summed E-state index contributed by atoms with van der Waals surface area (Å²) in [6.07, 6.45) is 6.38.